The number of nitrogens with one attached hydrogen (secondary N) is 1. The first kappa shape index (κ1) is 15.9. The lowest BCUT2D eigenvalue weighted by atomic mass is 10.1. The average molecular weight is 290 g/mol. The highest BCUT2D eigenvalue weighted by Crippen LogP contribution is 2.06. The molecular formula is C16H26N4O. The molecule has 0 radical (unpaired) electrons. The molecule has 1 amide bonds. The first-order chi connectivity index (χ1) is 10.1. The van der Waals surface area contributed by atoms with Crippen molar-refractivity contribution in [1.29, 1.82) is 0 Å². The number of carbonyl (C=O) groups excluding carboxylic acids is 1. The Hall–Kier alpha value is -1.43. The third-order valence-electron chi connectivity index (χ3n) is 4.17. The van der Waals surface area contributed by atoms with Crippen molar-refractivity contribution in [3.05, 3.63) is 35.4 Å². The van der Waals surface area contributed by atoms with Crippen molar-refractivity contribution in [2.75, 3.05) is 39.8 Å². The molecule has 0 bridgehead atoms. The van der Waals surface area contributed by atoms with Gasteiger partial charge in [-0.2, -0.15) is 0 Å². The quantitative estimate of drug-likeness (QED) is 0.829. The standard InChI is InChI=1S/C16H26N4O/c1-13(20-9-7-19(2)8-10-20)12-18-16(21)15-5-3-14(11-17)4-6-15/h3-6,13H,7-12,17H2,1-2H3,(H,18,21). The molecule has 3 N–H and O–H groups in total. The van der Waals surface area contributed by atoms with Crippen LogP contribution in [-0.4, -0.2) is 61.5 Å². The molecule has 0 saturated carbocycles. The van der Waals surface area contributed by atoms with Crippen molar-refractivity contribution < 1.29 is 4.79 Å². The van der Waals surface area contributed by atoms with Crippen molar-refractivity contribution in [1.82, 2.24) is 15.1 Å². The first-order valence-corrected chi connectivity index (χ1v) is 7.60. The molecule has 1 aromatic carbocycles. The molecule has 2 rings (SSSR count). The Morgan fingerprint density at radius 1 is 1.24 bits per heavy atom. The molecule has 1 heterocycles. The van der Waals surface area contributed by atoms with Gasteiger partial charge < -0.3 is 16.0 Å². The van der Waals surface area contributed by atoms with Crippen molar-refractivity contribution in [3.8, 4) is 0 Å². The van der Waals surface area contributed by atoms with Gasteiger partial charge in [0.2, 0.25) is 0 Å². The number of piperazine rings is 1. The molecular weight excluding hydrogens is 264 g/mol. The van der Waals surface area contributed by atoms with E-state index in [9.17, 15) is 4.79 Å². The van der Waals surface area contributed by atoms with Crippen LogP contribution in [0.15, 0.2) is 24.3 Å². The van der Waals surface area contributed by atoms with E-state index < -0.39 is 0 Å². The molecule has 116 valence electrons. The van der Waals surface area contributed by atoms with Gasteiger partial charge in [-0.25, -0.2) is 0 Å². The minimum absolute atomic E-state index is 0.0143. The zero-order valence-corrected chi connectivity index (χ0v) is 13.0. The smallest absolute Gasteiger partial charge is 0.251 e. The Bertz CT molecular complexity index is 452. The first-order valence-electron chi connectivity index (χ1n) is 7.60. The van der Waals surface area contributed by atoms with Gasteiger partial charge in [0, 0.05) is 50.9 Å². The lowest BCUT2D eigenvalue weighted by Gasteiger charge is -2.36. The molecule has 5 heteroatoms. The van der Waals surface area contributed by atoms with Crippen molar-refractivity contribution in [3.63, 3.8) is 0 Å². The molecule has 1 aliphatic heterocycles. The largest absolute Gasteiger partial charge is 0.350 e. The zero-order valence-electron chi connectivity index (χ0n) is 13.0. The van der Waals surface area contributed by atoms with E-state index in [1.54, 1.807) is 0 Å². The monoisotopic (exact) mass is 290 g/mol. The van der Waals surface area contributed by atoms with Crippen LogP contribution in [0.25, 0.3) is 0 Å². The van der Waals surface area contributed by atoms with Crippen LogP contribution in [0.3, 0.4) is 0 Å². The normalized spacial score (nSPS) is 18.4. The van der Waals surface area contributed by atoms with Gasteiger partial charge in [-0.1, -0.05) is 12.1 Å². The van der Waals surface area contributed by atoms with E-state index in [-0.39, 0.29) is 5.91 Å². The highest BCUT2D eigenvalue weighted by atomic mass is 16.1. The molecule has 21 heavy (non-hydrogen) atoms. The van der Waals surface area contributed by atoms with E-state index in [4.69, 9.17) is 5.73 Å². The molecule has 1 aliphatic rings. The fourth-order valence-electron chi connectivity index (χ4n) is 2.53. The maximum Gasteiger partial charge on any atom is 0.251 e. The summed E-state index contributed by atoms with van der Waals surface area (Å²) in [4.78, 5) is 16.9. The summed E-state index contributed by atoms with van der Waals surface area (Å²) in [5.74, 6) is -0.0143. The van der Waals surface area contributed by atoms with Crippen LogP contribution in [-0.2, 0) is 6.54 Å². The number of benzene rings is 1. The number of likely N-dealkylation sites (N-methyl/N-ethyl adjacent to an activating group) is 1. The zero-order chi connectivity index (χ0) is 15.2. The SMILES string of the molecule is CC(CNC(=O)c1ccc(CN)cc1)N1CCN(C)CC1. The van der Waals surface area contributed by atoms with E-state index in [0.717, 1.165) is 31.7 Å². The molecule has 0 aliphatic carbocycles. The van der Waals surface area contributed by atoms with Gasteiger partial charge in [-0.3, -0.25) is 9.69 Å². The molecule has 1 aromatic rings. The van der Waals surface area contributed by atoms with Gasteiger partial charge in [0.05, 0.1) is 0 Å². The van der Waals surface area contributed by atoms with Crippen LogP contribution < -0.4 is 11.1 Å². The molecule has 5 nitrogen and oxygen atoms in total. The van der Waals surface area contributed by atoms with E-state index in [0.29, 0.717) is 24.7 Å². The minimum Gasteiger partial charge on any atom is -0.350 e. The number of hydrogen-bond donors (Lipinski definition) is 2. The lowest BCUT2D eigenvalue weighted by Crippen LogP contribution is -2.51. The molecule has 1 fully saturated rings. The lowest BCUT2D eigenvalue weighted by molar-refractivity contribution is 0.0903. The maximum absolute atomic E-state index is 12.1. The minimum atomic E-state index is -0.0143. The van der Waals surface area contributed by atoms with E-state index in [1.165, 1.54) is 0 Å². The van der Waals surface area contributed by atoms with E-state index >= 15 is 0 Å². The van der Waals surface area contributed by atoms with Gasteiger partial charge in [-0.05, 0) is 31.7 Å². The number of nitrogens with zero attached hydrogens (tertiary/aromatic N) is 2. The van der Waals surface area contributed by atoms with E-state index in [1.807, 2.05) is 24.3 Å². The molecule has 1 unspecified atom stereocenters. The molecule has 1 saturated heterocycles. The number of hydrogen-bond acceptors (Lipinski definition) is 4. The van der Waals surface area contributed by atoms with Gasteiger partial charge in [-0.15, -0.1) is 0 Å². The number of rotatable bonds is 5. The summed E-state index contributed by atoms with van der Waals surface area (Å²) in [5, 5.41) is 3.02. The van der Waals surface area contributed by atoms with Crippen LogP contribution >= 0.6 is 0 Å². The highest BCUT2D eigenvalue weighted by Gasteiger charge is 2.19. The summed E-state index contributed by atoms with van der Waals surface area (Å²) in [7, 11) is 2.15. The summed E-state index contributed by atoms with van der Waals surface area (Å²) >= 11 is 0. The third-order valence-corrected chi connectivity index (χ3v) is 4.17. The number of carbonyl (C=O) groups is 1. The maximum atomic E-state index is 12.1. The predicted octanol–water partition coefficient (Wildman–Crippen LogP) is 0.511. The van der Waals surface area contributed by atoms with Crippen LogP contribution in [0, 0.1) is 0 Å². The summed E-state index contributed by atoms with van der Waals surface area (Å²) in [6, 6.07) is 7.83. The van der Waals surface area contributed by atoms with Gasteiger partial charge in [0.25, 0.3) is 5.91 Å². The summed E-state index contributed by atoms with van der Waals surface area (Å²) in [6.45, 7) is 7.68. The Morgan fingerprint density at radius 3 is 2.43 bits per heavy atom. The second kappa shape index (κ2) is 7.54. The van der Waals surface area contributed by atoms with Gasteiger partial charge in [0.1, 0.15) is 0 Å². The van der Waals surface area contributed by atoms with Crippen molar-refractivity contribution in [2.45, 2.75) is 19.5 Å². The van der Waals surface area contributed by atoms with Crippen LogP contribution in [0.4, 0.5) is 0 Å². The van der Waals surface area contributed by atoms with Crippen LogP contribution in [0.2, 0.25) is 0 Å². The molecule has 0 aromatic heterocycles. The Kier molecular flexibility index (Phi) is 5.73. The van der Waals surface area contributed by atoms with Crippen molar-refractivity contribution in [2.24, 2.45) is 5.73 Å². The van der Waals surface area contributed by atoms with Gasteiger partial charge in [0.15, 0.2) is 0 Å². The average Bonchev–Trinajstić information content (AvgIpc) is 2.53. The summed E-state index contributed by atoms with van der Waals surface area (Å²) < 4.78 is 0. The van der Waals surface area contributed by atoms with Crippen molar-refractivity contribution >= 4 is 5.91 Å². The summed E-state index contributed by atoms with van der Waals surface area (Å²) in [5.41, 5.74) is 7.29. The Labute approximate surface area is 127 Å². The third kappa shape index (κ3) is 4.52. The van der Waals surface area contributed by atoms with Crippen LogP contribution in [0.5, 0.6) is 0 Å². The fraction of sp³-hybridized carbons (Fsp3) is 0.562. The number of amides is 1. The molecule has 0 spiro atoms. The Balaban J connectivity index is 1.80. The number of nitrogens with two attached hydrogens (primary N) is 1. The summed E-state index contributed by atoms with van der Waals surface area (Å²) in [6.07, 6.45) is 0. The fourth-order valence-corrected chi connectivity index (χ4v) is 2.53. The van der Waals surface area contributed by atoms with E-state index in [2.05, 4.69) is 29.1 Å². The second-order valence-electron chi connectivity index (χ2n) is 5.80. The second-order valence-corrected chi connectivity index (χ2v) is 5.80. The Morgan fingerprint density at radius 2 is 1.86 bits per heavy atom. The predicted molar refractivity (Wildman–Crippen MR) is 85.2 cm³/mol. The van der Waals surface area contributed by atoms with Gasteiger partial charge >= 0.3 is 0 Å². The highest BCUT2D eigenvalue weighted by molar-refractivity contribution is 5.94. The molecule has 1 atom stereocenters. The van der Waals surface area contributed by atoms with Crippen LogP contribution in [0.1, 0.15) is 22.8 Å². The topological polar surface area (TPSA) is 61.6 Å².